The van der Waals surface area contributed by atoms with Crippen LogP contribution in [-0.2, 0) is 19.1 Å². The van der Waals surface area contributed by atoms with Crippen LogP contribution in [0.15, 0.2) is 48.5 Å². The second-order valence-corrected chi connectivity index (χ2v) is 15.6. The van der Waals surface area contributed by atoms with Crippen LogP contribution in [0.2, 0.25) is 10.0 Å². The number of ketones is 2. The molecule has 0 spiro atoms. The lowest BCUT2D eigenvalue weighted by Gasteiger charge is -2.44. The maximum absolute atomic E-state index is 12.6. The van der Waals surface area contributed by atoms with Gasteiger partial charge < -0.3 is 30.3 Å². The van der Waals surface area contributed by atoms with E-state index in [0.29, 0.717) is 40.7 Å². The number of carbonyl (C=O) groups is 4. The minimum atomic E-state index is -1.30. The number of halogens is 3. The summed E-state index contributed by atoms with van der Waals surface area (Å²) in [5.41, 5.74) is -0.202. The molecule has 10 nitrogen and oxygen atoms in total. The molecule has 0 bridgehead atoms. The number of carbonyl (C=O) groups excluding carboxylic acids is 4. The van der Waals surface area contributed by atoms with Crippen molar-refractivity contribution in [3.05, 3.63) is 69.7 Å². The van der Waals surface area contributed by atoms with E-state index in [1.807, 2.05) is 27.7 Å². The van der Waals surface area contributed by atoms with Crippen molar-refractivity contribution in [2.24, 2.45) is 22.7 Å². The third kappa shape index (κ3) is 14.4. The highest BCUT2D eigenvalue weighted by Crippen LogP contribution is 2.35. The van der Waals surface area contributed by atoms with Crippen LogP contribution in [0.1, 0.15) is 88.9 Å². The van der Waals surface area contributed by atoms with Gasteiger partial charge in [0.05, 0.1) is 13.2 Å². The van der Waals surface area contributed by atoms with Crippen molar-refractivity contribution in [2.45, 2.75) is 86.2 Å². The number of aliphatic hydroxyl groups excluding tert-OH is 2. The number of amides is 2. The van der Waals surface area contributed by atoms with Crippen molar-refractivity contribution < 1.29 is 43.6 Å². The number of hydrogen-bond acceptors (Lipinski definition) is 8. The average molecular weight is 744 g/mol. The van der Waals surface area contributed by atoms with Crippen molar-refractivity contribution in [3.8, 4) is 0 Å². The molecule has 0 aromatic heterocycles. The summed E-state index contributed by atoms with van der Waals surface area (Å²) in [5, 5.41) is 25.6. The number of Topliss-reactive ketones (excluding diaryl/α,β-unsaturated/α-hetero) is 2. The minimum Gasteiger partial charge on any atom is -0.396 e. The Morgan fingerprint density at radius 1 is 0.880 bits per heavy atom. The molecule has 2 aromatic carbocycles. The van der Waals surface area contributed by atoms with E-state index in [1.165, 1.54) is 0 Å². The van der Waals surface area contributed by atoms with Gasteiger partial charge in [-0.15, -0.1) is 0 Å². The van der Waals surface area contributed by atoms with Crippen molar-refractivity contribution in [1.29, 1.82) is 0 Å². The largest absolute Gasteiger partial charge is 0.396 e. The predicted octanol–water partition coefficient (Wildman–Crippen LogP) is 6.04. The fourth-order valence-electron chi connectivity index (χ4n) is 4.84. The first-order valence-electron chi connectivity index (χ1n) is 16.4. The third-order valence-corrected chi connectivity index (χ3v) is 8.62. The molecule has 1 heterocycles. The maximum Gasteiger partial charge on any atom is 0.249 e. The molecular weight excluding hydrogens is 690 g/mol. The molecule has 2 amide bonds. The Bertz CT molecular complexity index is 1450. The van der Waals surface area contributed by atoms with Crippen molar-refractivity contribution in [2.75, 3.05) is 26.3 Å². The molecule has 1 aliphatic rings. The molecule has 0 saturated carbocycles. The zero-order valence-electron chi connectivity index (χ0n) is 30.2. The molecule has 2 aromatic rings. The van der Waals surface area contributed by atoms with Gasteiger partial charge in [0.25, 0.3) is 0 Å². The van der Waals surface area contributed by atoms with E-state index in [2.05, 4.69) is 10.6 Å². The van der Waals surface area contributed by atoms with Gasteiger partial charge in [0, 0.05) is 57.9 Å². The molecule has 1 fully saturated rings. The topological polar surface area (TPSA) is 151 Å². The molecule has 280 valence electrons. The lowest BCUT2D eigenvalue weighted by Crippen LogP contribution is -2.56. The Morgan fingerprint density at radius 2 is 1.34 bits per heavy atom. The van der Waals surface area contributed by atoms with Crippen LogP contribution in [0, 0.1) is 22.7 Å². The predicted molar refractivity (Wildman–Crippen MR) is 193 cm³/mol. The maximum atomic E-state index is 12.6. The molecule has 4 N–H and O–H groups in total. The second-order valence-electron chi connectivity index (χ2n) is 14.7. The van der Waals surface area contributed by atoms with Crippen LogP contribution >= 0.6 is 23.2 Å². The first kappa shape index (κ1) is 45.1. The Balaban J connectivity index is 0.000000494. The highest BCUT2D eigenvalue weighted by molar-refractivity contribution is 6.31. The highest BCUT2D eigenvalue weighted by atomic mass is 35.5. The Labute approximate surface area is 305 Å². The summed E-state index contributed by atoms with van der Waals surface area (Å²) < 4.78 is 11.5. The van der Waals surface area contributed by atoms with Crippen LogP contribution < -0.4 is 10.6 Å². The molecule has 13 heteroatoms. The van der Waals surface area contributed by atoms with Crippen LogP contribution in [0.3, 0.4) is 0 Å². The van der Waals surface area contributed by atoms with Gasteiger partial charge in [-0.2, -0.15) is 0 Å². The number of benzene rings is 2. The van der Waals surface area contributed by atoms with E-state index in [-0.39, 0.29) is 53.6 Å². The zero-order valence-corrected chi connectivity index (χ0v) is 31.7. The summed E-state index contributed by atoms with van der Waals surface area (Å²) in [5.74, 6) is -1.63. The van der Waals surface area contributed by atoms with Gasteiger partial charge in [-0.25, -0.2) is 0 Å². The number of aliphatic hydroxyl groups is 2. The van der Waals surface area contributed by atoms with Crippen LogP contribution in [0.25, 0.3) is 0 Å². The number of hydrogen-bond donors (Lipinski definition) is 4. The van der Waals surface area contributed by atoms with E-state index >= 15 is 0 Å². The van der Waals surface area contributed by atoms with Crippen molar-refractivity contribution in [3.63, 3.8) is 0 Å². The number of ether oxygens (including phenoxy) is 2. The molecule has 1 aliphatic heterocycles. The molecule has 3 rings (SSSR count). The Hall–Kier alpha value is -2.93. The van der Waals surface area contributed by atoms with Gasteiger partial charge >= 0.3 is 0 Å². The summed E-state index contributed by atoms with van der Waals surface area (Å²) in [6.07, 6.45) is -1.30. The van der Waals surface area contributed by atoms with Gasteiger partial charge in [-0.1, -0.05) is 89.0 Å². The van der Waals surface area contributed by atoms with Gasteiger partial charge in [-0.3, -0.25) is 23.9 Å². The summed E-state index contributed by atoms with van der Waals surface area (Å²) in [6.45, 7) is 15.3. The summed E-state index contributed by atoms with van der Waals surface area (Å²) in [4.78, 5) is 49.0. The molecule has 0 aliphatic carbocycles. The van der Waals surface area contributed by atoms with Crippen molar-refractivity contribution in [1.82, 2.24) is 10.6 Å². The van der Waals surface area contributed by atoms with Crippen molar-refractivity contribution >= 4 is 46.6 Å². The first-order chi connectivity index (χ1) is 22.7. The molecule has 0 radical (unpaired) electrons. The lowest BCUT2D eigenvalue weighted by molar-refractivity contribution is -0.304. The molecular formula is C37H53Cl2FN2O8. The van der Waals surface area contributed by atoms with E-state index in [9.17, 15) is 24.3 Å². The first-order valence-corrected chi connectivity index (χ1v) is 17.2. The standard InChI is InChI=1S/C20H28ClNO4.C17H24ClNO4.FH/c1-13(9-16(23)14-7-6-8-15(21)10-14)11-22-18(24)17-19(2,3)12-25-20(4,5)26-17;1-11(7-14(21)12-5-4-6-13(18)8-12)9-19-16(23)15(22)17(2,3)10-20;/h6-8,10,13,17H,9,11-12H2,1-5H3,(H,22,24);4-6,8,11,15,20,22H,7,9-10H2,1-3H3,(H,19,23);1H/t13-,17+;11-,15+;/m11./s1. The van der Waals surface area contributed by atoms with Crippen LogP contribution in [0.5, 0.6) is 0 Å². The molecule has 50 heavy (non-hydrogen) atoms. The molecule has 4 atom stereocenters. The zero-order chi connectivity index (χ0) is 37.2. The summed E-state index contributed by atoms with van der Waals surface area (Å²) >= 11 is 11.8. The second kappa shape index (κ2) is 19.6. The minimum absolute atomic E-state index is 0. The average Bonchev–Trinajstić information content (AvgIpc) is 3.03. The van der Waals surface area contributed by atoms with E-state index in [4.69, 9.17) is 37.8 Å². The van der Waals surface area contributed by atoms with Gasteiger partial charge in [0.15, 0.2) is 17.4 Å². The lowest BCUT2D eigenvalue weighted by atomic mass is 9.85. The third-order valence-electron chi connectivity index (χ3n) is 8.15. The highest BCUT2D eigenvalue weighted by Gasteiger charge is 2.45. The van der Waals surface area contributed by atoms with Gasteiger partial charge in [0.2, 0.25) is 11.8 Å². The number of nitrogens with one attached hydrogen (secondary N) is 2. The monoisotopic (exact) mass is 742 g/mol. The normalized spacial score (nSPS) is 18.2. The van der Waals surface area contributed by atoms with E-state index in [0.717, 1.165) is 0 Å². The van der Waals surface area contributed by atoms with Crippen LogP contribution in [0.4, 0.5) is 4.70 Å². The molecule has 1 saturated heterocycles. The fourth-order valence-corrected chi connectivity index (χ4v) is 5.22. The fraction of sp³-hybridized carbons (Fsp3) is 0.568. The Morgan fingerprint density at radius 3 is 1.78 bits per heavy atom. The number of rotatable bonds is 14. The summed E-state index contributed by atoms with van der Waals surface area (Å²) in [6, 6.07) is 13.6. The van der Waals surface area contributed by atoms with E-state index in [1.54, 1.807) is 76.2 Å². The quantitative estimate of drug-likeness (QED) is 0.171. The molecule has 0 unspecified atom stereocenters. The summed E-state index contributed by atoms with van der Waals surface area (Å²) in [7, 11) is 0. The Kier molecular flexibility index (Phi) is 17.7. The van der Waals surface area contributed by atoms with E-state index < -0.39 is 34.7 Å². The van der Waals surface area contributed by atoms with Crippen LogP contribution in [-0.4, -0.2) is 77.9 Å². The SMILES string of the molecule is C[C@@H](CNC(=O)[C@@H]1OC(C)(C)OCC1(C)C)CC(=O)c1cccc(Cl)c1.C[C@@H](CNC(=O)[C@H](O)C(C)(C)CO)CC(=O)c1cccc(Cl)c1.F. The van der Waals surface area contributed by atoms with Gasteiger partial charge in [-0.05, 0) is 49.9 Å². The smallest absolute Gasteiger partial charge is 0.249 e. The van der Waals surface area contributed by atoms with Gasteiger partial charge in [0.1, 0.15) is 12.2 Å².